The van der Waals surface area contributed by atoms with E-state index >= 15 is 0 Å². The lowest BCUT2D eigenvalue weighted by Crippen LogP contribution is -2.58. The van der Waals surface area contributed by atoms with Crippen LogP contribution in [-0.2, 0) is 9.53 Å². The summed E-state index contributed by atoms with van der Waals surface area (Å²) in [4.78, 5) is 16.8. The Morgan fingerprint density at radius 1 is 1.45 bits per heavy atom. The van der Waals surface area contributed by atoms with Crippen LogP contribution in [0.5, 0.6) is 0 Å². The number of carbonyl (C=O) groups excluding carboxylic acids is 1. The normalized spacial score (nSPS) is 26.8. The van der Waals surface area contributed by atoms with Gasteiger partial charge in [-0.25, -0.2) is 0 Å². The molecule has 1 heterocycles. The van der Waals surface area contributed by atoms with Gasteiger partial charge in [0, 0.05) is 19.1 Å². The molecule has 0 amide bonds. The number of carbonyl (C=O) groups is 1. The molecule has 1 saturated carbocycles. The molecule has 2 aliphatic rings. The molecular formula is C15H29N3O2. The lowest BCUT2D eigenvalue weighted by Gasteiger charge is -2.34. The summed E-state index contributed by atoms with van der Waals surface area (Å²) in [6, 6.07) is 0.603. The molecule has 1 aliphatic heterocycles. The van der Waals surface area contributed by atoms with Crippen LogP contribution in [0.25, 0.3) is 0 Å². The van der Waals surface area contributed by atoms with E-state index in [1.807, 2.05) is 0 Å². The Kier molecular flexibility index (Phi) is 5.04. The first-order valence-electron chi connectivity index (χ1n) is 7.81. The lowest BCUT2D eigenvalue weighted by atomic mass is 9.93. The van der Waals surface area contributed by atoms with Gasteiger partial charge in [0.05, 0.1) is 7.11 Å². The first-order valence-corrected chi connectivity index (χ1v) is 7.81. The number of ether oxygens (including phenoxy) is 1. The van der Waals surface area contributed by atoms with E-state index < -0.39 is 5.54 Å². The summed E-state index contributed by atoms with van der Waals surface area (Å²) in [6.45, 7) is 6.09. The molecule has 2 unspecified atom stereocenters. The summed E-state index contributed by atoms with van der Waals surface area (Å²) in [5.74, 6) is 0.0360. The summed E-state index contributed by atoms with van der Waals surface area (Å²) in [6.07, 6.45) is 4.62. The Balaban J connectivity index is 1.91. The van der Waals surface area contributed by atoms with E-state index in [0.717, 1.165) is 25.9 Å². The molecule has 2 rings (SSSR count). The fraction of sp³-hybridized carbons (Fsp3) is 0.933. The number of hydrogen-bond acceptors (Lipinski definition) is 5. The van der Waals surface area contributed by atoms with Crippen molar-refractivity contribution in [1.29, 1.82) is 0 Å². The van der Waals surface area contributed by atoms with Crippen LogP contribution < -0.4 is 5.73 Å². The highest BCUT2D eigenvalue weighted by molar-refractivity contribution is 5.81. The van der Waals surface area contributed by atoms with Gasteiger partial charge in [0.25, 0.3) is 0 Å². The van der Waals surface area contributed by atoms with Crippen LogP contribution in [0.3, 0.4) is 0 Å². The van der Waals surface area contributed by atoms with Crippen molar-refractivity contribution in [2.45, 2.75) is 44.2 Å². The van der Waals surface area contributed by atoms with Gasteiger partial charge in [-0.1, -0.05) is 6.92 Å². The van der Waals surface area contributed by atoms with Crippen molar-refractivity contribution in [3.8, 4) is 0 Å². The third kappa shape index (κ3) is 3.32. The van der Waals surface area contributed by atoms with Crippen LogP contribution in [0.2, 0.25) is 0 Å². The van der Waals surface area contributed by atoms with Gasteiger partial charge >= 0.3 is 5.97 Å². The van der Waals surface area contributed by atoms with Crippen molar-refractivity contribution in [2.24, 2.45) is 11.7 Å². The van der Waals surface area contributed by atoms with Crippen molar-refractivity contribution in [2.75, 3.05) is 40.3 Å². The number of likely N-dealkylation sites (tertiary alicyclic amines) is 1. The molecule has 1 saturated heterocycles. The molecule has 116 valence electrons. The Morgan fingerprint density at radius 3 is 2.70 bits per heavy atom. The number of hydrogen-bond donors (Lipinski definition) is 1. The van der Waals surface area contributed by atoms with Gasteiger partial charge < -0.3 is 15.4 Å². The first kappa shape index (κ1) is 15.7. The van der Waals surface area contributed by atoms with E-state index in [2.05, 4.69) is 23.8 Å². The maximum Gasteiger partial charge on any atom is 0.327 e. The molecule has 2 atom stereocenters. The standard InChI is InChI=1S/C15H29N3O2/c1-4-18-9-5-6-13(18)10-17(2)11-15(16,12-7-8-12)14(19)20-3/h12-13H,4-11,16H2,1-3H3. The largest absolute Gasteiger partial charge is 0.468 e. The van der Waals surface area contributed by atoms with Gasteiger partial charge in [-0.3, -0.25) is 9.69 Å². The summed E-state index contributed by atoms with van der Waals surface area (Å²) < 4.78 is 4.93. The molecule has 1 aliphatic carbocycles. The van der Waals surface area contributed by atoms with Crippen molar-refractivity contribution in [1.82, 2.24) is 9.80 Å². The van der Waals surface area contributed by atoms with E-state index in [1.54, 1.807) is 0 Å². The van der Waals surface area contributed by atoms with Gasteiger partial charge in [-0.2, -0.15) is 0 Å². The molecule has 0 radical (unpaired) electrons. The van der Waals surface area contributed by atoms with E-state index in [-0.39, 0.29) is 5.97 Å². The van der Waals surface area contributed by atoms with Crippen molar-refractivity contribution >= 4 is 5.97 Å². The third-order valence-corrected chi connectivity index (χ3v) is 4.83. The van der Waals surface area contributed by atoms with Gasteiger partial charge in [-0.05, 0) is 51.7 Å². The molecule has 5 heteroatoms. The Bertz CT molecular complexity index is 346. The maximum absolute atomic E-state index is 12.0. The first-order chi connectivity index (χ1) is 9.51. The number of rotatable bonds is 7. The summed E-state index contributed by atoms with van der Waals surface area (Å²) >= 11 is 0. The van der Waals surface area contributed by atoms with Crippen LogP contribution in [-0.4, -0.2) is 67.7 Å². The minimum absolute atomic E-state index is 0.259. The van der Waals surface area contributed by atoms with E-state index in [0.29, 0.717) is 18.5 Å². The molecule has 20 heavy (non-hydrogen) atoms. The molecule has 0 bridgehead atoms. The van der Waals surface area contributed by atoms with Crippen LogP contribution in [0.1, 0.15) is 32.6 Å². The van der Waals surface area contributed by atoms with E-state index in [4.69, 9.17) is 10.5 Å². The second kappa shape index (κ2) is 6.41. The Labute approximate surface area is 122 Å². The topological polar surface area (TPSA) is 58.8 Å². The SMILES string of the molecule is CCN1CCCC1CN(C)CC(N)(C(=O)OC)C1CC1. The summed E-state index contributed by atoms with van der Waals surface area (Å²) in [7, 11) is 3.50. The minimum Gasteiger partial charge on any atom is -0.468 e. The monoisotopic (exact) mass is 283 g/mol. The van der Waals surface area contributed by atoms with Crippen LogP contribution in [0.15, 0.2) is 0 Å². The lowest BCUT2D eigenvalue weighted by molar-refractivity contribution is -0.148. The number of nitrogens with zero attached hydrogens (tertiary/aromatic N) is 2. The zero-order valence-electron chi connectivity index (χ0n) is 13.1. The van der Waals surface area contributed by atoms with Crippen LogP contribution in [0.4, 0.5) is 0 Å². The predicted octanol–water partition coefficient (Wildman–Crippen LogP) is 0.683. The van der Waals surface area contributed by atoms with E-state index in [9.17, 15) is 4.79 Å². The van der Waals surface area contributed by atoms with Crippen LogP contribution >= 0.6 is 0 Å². The third-order valence-electron chi connectivity index (χ3n) is 4.83. The highest BCUT2D eigenvalue weighted by atomic mass is 16.5. The van der Waals surface area contributed by atoms with Crippen molar-refractivity contribution in [3.63, 3.8) is 0 Å². The van der Waals surface area contributed by atoms with Crippen LogP contribution in [0, 0.1) is 5.92 Å². The van der Waals surface area contributed by atoms with Crippen molar-refractivity contribution in [3.05, 3.63) is 0 Å². The molecule has 0 aromatic heterocycles. The average Bonchev–Trinajstić information content (AvgIpc) is 3.19. The zero-order chi connectivity index (χ0) is 14.8. The Morgan fingerprint density at radius 2 is 2.15 bits per heavy atom. The molecular weight excluding hydrogens is 254 g/mol. The highest BCUT2D eigenvalue weighted by Gasteiger charge is 2.49. The number of methoxy groups -OCH3 is 1. The smallest absolute Gasteiger partial charge is 0.327 e. The van der Waals surface area contributed by atoms with Gasteiger partial charge in [-0.15, -0.1) is 0 Å². The Hall–Kier alpha value is -0.650. The van der Waals surface area contributed by atoms with Crippen molar-refractivity contribution < 1.29 is 9.53 Å². The van der Waals surface area contributed by atoms with E-state index in [1.165, 1.54) is 26.5 Å². The predicted molar refractivity (Wildman–Crippen MR) is 79.4 cm³/mol. The summed E-state index contributed by atoms with van der Waals surface area (Å²) in [5.41, 5.74) is 5.55. The number of esters is 1. The quantitative estimate of drug-likeness (QED) is 0.696. The molecule has 2 N–H and O–H groups in total. The van der Waals surface area contributed by atoms with Gasteiger partial charge in [0.2, 0.25) is 0 Å². The van der Waals surface area contributed by atoms with Gasteiger partial charge in [0.15, 0.2) is 0 Å². The molecule has 0 aromatic rings. The van der Waals surface area contributed by atoms with Gasteiger partial charge in [0.1, 0.15) is 5.54 Å². The fourth-order valence-corrected chi connectivity index (χ4v) is 3.54. The molecule has 0 spiro atoms. The second-order valence-electron chi connectivity index (χ2n) is 6.43. The highest BCUT2D eigenvalue weighted by Crippen LogP contribution is 2.39. The second-order valence-corrected chi connectivity index (χ2v) is 6.43. The fourth-order valence-electron chi connectivity index (χ4n) is 3.54. The molecule has 0 aromatic carbocycles. The average molecular weight is 283 g/mol. The minimum atomic E-state index is -0.820. The number of likely N-dealkylation sites (N-methyl/N-ethyl adjacent to an activating group) is 2. The maximum atomic E-state index is 12.0. The summed E-state index contributed by atoms with van der Waals surface area (Å²) in [5, 5.41) is 0. The molecule has 2 fully saturated rings. The molecule has 5 nitrogen and oxygen atoms in total. The zero-order valence-corrected chi connectivity index (χ0v) is 13.1. The number of nitrogens with two attached hydrogens (primary N) is 1.